The van der Waals surface area contributed by atoms with E-state index in [0.717, 1.165) is 42.8 Å². The summed E-state index contributed by atoms with van der Waals surface area (Å²) < 4.78 is 0. The first-order valence-electron chi connectivity index (χ1n) is 5.96. The number of nitrogens with one attached hydrogen (secondary N) is 1. The standard InChI is InChI=1S/C13H13Cl2N3/c14-10-3-1-2-9-12(10)17-8-11(15)13(9)18-6-4-16-5-7-18/h1-3,8,16H,4-7H2. The van der Waals surface area contributed by atoms with Crippen molar-refractivity contribution >= 4 is 39.8 Å². The van der Waals surface area contributed by atoms with Crippen molar-refractivity contribution in [1.82, 2.24) is 10.3 Å². The zero-order valence-corrected chi connectivity index (χ0v) is 11.3. The number of aromatic nitrogens is 1. The fourth-order valence-electron chi connectivity index (χ4n) is 2.36. The van der Waals surface area contributed by atoms with Crippen LogP contribution in [0.5, 0.6) is 0 Å². The topological polar surface area (TPSA) is 28.2 Å². The molecule has 94 valence electrons. The number of hydrogen-bond donors (Lipinski definition) is 1. The number of anilines is 1. The number of hydrogen-bond acceptors (Lipinski definition) is 3. The van der Waals surface area contributed by atoms with Crippen molar-refractivity contribution in [1.29, 1.82) is 0 Å². The van der Waals surface area contributed by atoms with Crippen molar-refractivity contribution in [2.45, 2.75) is 0 Å². The Morgan fingerprint density at radius 1 is 1.11 bits per heavy atom. The maximum Gasteiger partial charge on any atom is 0.0910 e. The highest BCUT2D eigenvalue weighted by atomic mass is 35.5. The number of halogens is 2. The largest absolute Gasteiger partial charge is 0.367 e. The summed E-state index contributed by atoms with van der Waals surface area (Å²) in [5.41, 5.74) is 1.86. The highest BCUT2D eigenvalue weighted by molar-refractivity contribution is 6.37. The average molecular weight is 282 g/mol. The van der Waals surface area contributed by atoms with E-state index in [0.29, 0.717) is 10.0 Å². The summed E-state index contributed by atoms with van der Waals surface area (Å²) >= 11 is 12.5. The lowest BCUT2D eigenvalue weighted by Crippen LogP contribution is -2.43. The molecule has 0 bridgehead atoms. The summed E-state index contributed by atoms with van der Waals surface area (Å²) in [5, 5.41) is 5.72. The van der Waals surface area contributed by atoms with E-state index in [1.54, 1.807) is 6.20 Å². The molecular weight excluding hydrogens is 269 g/mol. The first-order valence-corrected chi connectivity index (χ1v) is 6.71. The lowest BCUT2D eigenvalue weighted by atomic mass is 10.1. The van der Waals surface area contributed by atoms with Crippen molar-refractivity contribution in [3.05, 3.63) is 34.4 Å². The normalized spacial score (nSPS) is 16.2. The van der Waals surface area contributed by atoms with Crippen molar-refractivity contribution in [3.63, 3.8) is 0 Å². The Bertz CT molecular complexity index is 580. The van der Waals surface area contributed by atoms with Gasteiger partial charge in [0.05, 0.1) is 21.2 Å². The van der Waals surface area contributed by atoms with E-state index < -0.39 is 0 Å². The highest BCUT2D eigenvalue weighted by Gasteiger charge is 2.17. The minimum absolute atomic E-state index is 0.667. The van der Waals surface area contributed by atoms with Crippen LogP contribution in [-0.2, 0) is 0 Å². The quantitative estimate of drug-likeness (QED) is 0.871. The second kappa shape index (κ2) is 4.92. The molecule has 0 aliphatic carbocycles. The second-order valence-electron chi connectivity index (χ2n) is 4.33. The summed E-state index contributed by atoms with van der Waals surface area (Å²) in [7, 11) is 0. The summed E-state index contributed by atoms with van der Waals surface area (Å²) in [6.45, 7) is 3.85. The number of nitrogens with zero attached hydrogens (tertiary/aromatic N) is 2. The van der Waals surface area contributed by atoms with Gasteiger partial charge in [0.25, 0.3) is 0 Å². The van der Waals surface area contributed by atoms with E-state index in [2.05, 4.69) is 15.2 Å². The molecule has 3 rings (SSSR count). The van der Waals surface area contributed by atoms with Crippen LogP contribution >= 0.6 is 23.2 Å². The van der Waals surface area contributed by atoms with Crippen LogP contribution in [0.2, 0.25) is 10.0 Å². The van der Waals surface area contributed by atoms with Crippen LogP contribution in [0.15, 0.2) is 24.4 Å². The molecule has 0 radical (unpaired) electrons. The van der Waals surface area contributed by atoms with E-state index in [1.807, 2.05) is 18.2 Å². The molecule has 1 aliphatic rings. The van der Waals surface area contributed by atoms with Crippen molar-refractivity contribution < 1.29 is 0 Å². The number of pyridine rings is 1. The Balaban J connectivity index is 2.19. The van der Waals surface area contributed by atoms with E-state index in [4.69, 9.17) is 23.2 Å². The molecule has 2 heterocycles. The third kappa shape index (κ3) is 2.03. The molecule has 1 aromatic heterocycles. The zero-order valence-electron chi connectivity index (χ0n) is 9.79. The van der Waals surface area contributed by atoms with Gasteiger partial charge in [0.1, 0.15) is 0 Å². The molecule has 18 heavy (non-hydrogen) atoms. The Morgan fingerprint density at radius 3 is 2.67 bits per heavy atom. The Labute approximate surface area is 116 Å². The first-order chi connectivity index (χ1) is 8.77. The van der Waals surface area contributed by atoms with Gasteiger partial charge < -0.3 is 10.2 Å². The lowest BCUT2D eigenvalue weighted by Gasteiger charge is -2.31. The fraction of sp³-hybridized carbons (Fsp3) is 0.308. The van der Waals surface area contributed by atoms with Crippen LogP contribution < -0.4 is 10.2 Å². The molecule has 0 atom stereocenters. The van der Waals surface area contributed by atoms with E-state index >= 15 is 0 Å². The van der Waals surface area contributed by atoms with Crippen molar-refractivity contribution in [2.75, 3.05) is 31.1 Å². The SMILES string of the molecule is Clc1cnc2c(Cl)cccc2c1N1CCNCC1. The Morgan fingerprint density at radius 2 is 1.89 bits per heavy atom. The molecule has 1 saturated heterocycles. The van der Waals surface area contributed by atoms with Crippen LogP contribution in [-0.4, -0.2) is 31.2 Å². The number of fused-ring (bicyclic) bond motifs is 1. The molecule has 5 heteroatoms. The van der Waals surface area contributed by atoms with Crippen LogP contribution in [0, 0.1) is 0 Å². The smallest absolute Gasteiger partial charge is 0.0910 e. The predicted octanol–water partition coefficient (Wildman–Crippen LogP) is 2.95. The molecule has 0 saturated carbocycles. The maximum atomic E-state index is 6.32. The minimum atomic E-state index is 0.667. The monoisotopic (exact) mass is 281 g/mol. The van der Waals surface area contributed by atoms with E-state index in [1.165, 1.54) is 0 Å². The molecule has 1 aromatic carbocycles. The number of piperazine rings is 1. The molecule has 2 aromatic rings. The summed E-state index contributed by atoms with van der Waals surface area (Å²) in [5.74, 6) is 0. The zero-order chi connectivity index (χ0) is 12.5. The number of rotatable bonds is 1. The fourth-order valence-corrected chi connectivity index (χ4v) is 2.85. The first kappa shape index (κ1) is 12.0. The summed E-state index contributed by atoms with van der Waals surface area (Å²) in [4.78, 5) is 6.62. The van der Waals surface area contributed by atoms with Gasteiger partial charge in [0.15, 0.2) is 0 Å². The van der Waals surface area contributed by atoms with Gasteiger partial charge in [-0.05, 0) is 6.07 Å². The molecule has 1 aliphatic heterocycles. The average Bonchev–Trinajstić information content (AvgIpc) is 2.40. The number of benzene rings is 1. The maximum absolute atomic E-state index is 6.32. The summed E-state index contributed by atoms with van der Waals surface area (Å²) in [6.07, 6.45) is 1.69. The van der Waals surface area contributed by atoms with Gasteiger partial charge in [0, 0.05) is 37.8 Å². The number of para-hydroxylation sites is 1. The second-order valence-corrected chi connectivity index (χ2v) is 5.14. The molecule has 3 nitrogen and oxygen atoms in total. The van der Waals surface area contributed by atoms with E-state index in [-0.39, 0.29) is 0 Å². The van der Waals surface area contributed by atoms with Gasteiger partial charge >= 0.3 is 0 Å². The van der Waals surface area contributed by atoms with Crippen LogP contribution in [0.4, 0.5) is 5.69 Å². The van der Waals surface area contributed by atoms with Gasteiger partial charge in [-0.2, -0.15) is 0 Å². The third-order valence-corrected chi connectivity index (χ3v) is 3.79. The van der Waals surface area contributed by atoms with Crippen LogP contribution in [0.25, 0.3) is 10.9 Å². The van der Waals surface area contributed by atoms with Gasteiger partial charge in [-0.3, -0.25) is 4.98 Å². The molecule has 0 spiro atoms. The summed E-state index contributed by atoms with van der Waals surface area (Å²) in [6, 6.07) is 5.82. The van der Waals surface area contributed by atoms with Crippen LogP contribution in [0.3, 0.4) is 0 Å². The minimum Gasteiger partial charge on any atom is -0.367 e. The Hall–Kier alpha value is -1.03. The molecular formula is C13H13Cl2N3. The Kier molecular flexibility index (Phi) is 3.29. The van der Waals surface area contributed by atoms with E-state index in [9.17, 15) is 0 Å². The van der Waals surface area contributed by atoms with Crippen molar-refractivity contribution in [3.8, 4) is 0 Å². The van der Waals surface area contributed by atoms with Gasteiger partial charge in [0.2, 0.25) is 0 Å². The van der Waals surface area contributed by atoms with Gasteiger partial charge in [-0.1, -0.05) is 35.3 Å². The van der Waals surface area contributed by atoms with Gasteiger partial charge in [-0.25, -0.2) is 0 Å². The van der Waals surface area contributed by atoms with Crippen LogP contribution in [0.1, 0.15) is 0 Å². The van der Waals surface area contributed by atoms with Gasteiger partial charge in [-0.15, -0.1) is 0 Å². The molecule has 1 N–H and O–H groups in total. The molecule has 0 unspecified atom stereocenters. The highest BCUT2D eigenvalue weighted by Crippen LogP contribution is 2.35. The van der Waals surface area contributed by atoms with Crippen molar-refractivity contribution in [2.24, 2.45) is 0 Å². The predicted molar refractivity (Wildman–Crippen MR) is 76.8 cm³/mol. The lowest BCUT2D eigenvalue weighted by molar-refractivity contribution is 0.590. The third-order valence-electron chi connectivity index (χ3n) is 3.21. The molecule has 1 fully saturated rings. The molecule has 0 amide bonds.